The van der Waals surface area contributed by atoms with Crippen LogP contribution in [0, 0.1) is 0 Å². The van der Waals surface area contributed by atoms with E-state index in [9.17, 15) is 40.2 Å². The highest BCUT2D eigenvalue weighted by Gasteiger charge is 2.52. The zero-order valence-corrected chi connectivity index (χ0v) is 27.3. The second kappa shape index (κ2) is 17.1. The first-order valence-corrected chi connectivity index (χ1v) is 15.4. The van der Waals surface area contributed by atoms with Crippen LogP contribution in [0.15, 0.2) is 42.5 Å². The molecule has 49 heavy (non-hydrogen) atoms. The molecule has 16 nitrogen and oxygen atoms in total. The molecule has 2 aromatic carbocycles. The maximum absolute atomic E-state index is 13.1. The van der Waals surface area contributed by atoms with Crippen LogP contribution in [0.25, 0.3) is 6.08 Å². The predicted octanol–water partition coefficient (Wildman–Crippen LogP) is 0.161. The van der Waals surface area contributed by atoms with E-state index in [-0.39, 0.29) is 36.0 Å². The highest BCUT2D eigenvalue weighted by Crippen LogP contribution is 2.32. The smallest absolute Gasteiger partial charge is 0.331 e. The van der Waals surface area contributed by atoms with Gasteiger partial charge in [0.2, 0.25) is 0 Å². The van der Waals surface area contributed by atoms with Crippen molar-refractivity contribution >= 4 is 18.0 Å². The van der Waals surface area contributed by atoms with Crippen LogP contribution in [0.1, 0.15) is 25.0 Å². The predicted molar refractivity (Wildman–Crippen MR) is 166 cm³/mol. The summed E-state index contributed by atoms with van der Waals surface area (Å²) in [5, 5.41) is 62.6. The van der Waals surface area contributed by atoms with Gasteiger partial charge in [-0.05, 0) is 54.8 Å². The third-order valence-electron chi connectivity index (χ3n) is 7.95. The monoisotopic (exact) mass is 694 g/mol. The summed E-state index contributed by atoms with van der Waals surface area (Å²) in [4.78, 5) is 24.9. The number of carbonyl (C=O) groups is 2. The van der Waals surface area contributed by atoms with E-state index in [1.165, 1.54) is 51.5 Å². The molecular weight excluding hydrogens is 652 g/mol. The zero-order valence-electron chi connectivity index (χ0n) is 27.3. The molecule has 0 aromatic heterocycles. The number of aliphatic hydroxyl groups is 4. The summed E-state index contributed by atoms with van der Waals surface area (Å²) in [7, 11) is 2.78. The Bertz CT molecular complexity index is 1450. The molecule has 0 radical (unpaired) electrons. The van der Waals surface area contributed by atoms with Gasteiger partial charge in [0, 0.05) is 13.0 Å². The van der Waals surface area contributed by atoms with Gasteiger partial charge in [0.15, 0.2) is 41.7 Å². The first-order chi connectivity index (χ1) is 23.3. The highest BCUT2D eigenvalue weighted by atomic mass is 16.7. The number of hydrogen-bond donors (Lipinski definition) is 6. The van der Waals surface area contributed by atoms with E-state index >= 15 is 0 Å². The number of ether oxygens (including phenoxy) is 8. The van der Waals surface area contributed by atoms with Crippen molar-refractivity contribution in [3.05, 3.63) is 53.6 Å². The minimum atomic E-state index is -1.78. The first kappa shape index (κ1) is 37.8. The number of aliphatic hydroxyl groups excluding tert-OH is 4. The normalized spacial score (nSPS) is 30.1. The van der Waals surface area contributed by atoms with Gasteiger partial charge in [-0.2, -0.15) is 0 Å². The molecule has 4 rings (SSSR count). The Morgan fingerprint density at radius 2 is 1.57 bits per heavy atom. The van der Waals surface area contributed by atoms with Crippen molar-refractivity contribution in [1.29, 1.82) is 0 Å². The summed E-state index contributed by atoms with van der Waals surface area (Å²) in [5.41, 5.74) is 1.13. The van der Waals surface area contributed by atoms with E-state index in [2.05, 4.69) is 0 Å². The van der Waals surface area contributed by atoms with Crippen LogP contribution < -0.4 is 9.47 Å². The third kappa shape index (κ3) is 9.58. The molecular formula is C33H42O16. The number of rotatable bonds is 13. The fourth-order valence-corrected chi connectivity index (χ4v) is 5.26. The standard InChI is InChI=1S/C33H42O16/c1-16-26(38)27(39)28(40)33(46-16)49-31-29(41)32(44-12-11-19-6-9-22(42-3)21(36)13-19)47-24(15-45-17(2)34)30(31)48-25(37)10-7-18-5-8-20(35)23(14-18)43-4/h5-10,13-14,16,24,26-33,35-36,38-41H,11-12,15H2,1-4H3/b10-7+/t16-,24-,26-,27+,28+,29-,30-,31-,32-,33+/m0/s1. The summed E-state index contributed by atoms with van der Waals surface area (Å²) < 4.78 is 44.3. The van der Waals surface area contributed by atoms with Crippen molar-refractivity contribution in [2.24, 2.45) is 0 Å². The fourth-order valence-electron chi connectivity index (χ4n) is 5.26. The lowest BCUT2D eigenvalue weighted by Gasteiger charge is -2.46. The molecule has 270 valence electrons. The summed E-state index contributed by atoms with van der Waals surface area (Å²) >= 11 is 0. The van der Waals surface area contributed by atoms with Crippen LogP contribution >= 0.6 is 0 Å². The molecule has 2 fully saturated rings. The Labute approximate surface area is 281 Å². The minimum Gasteiger partial charge on any atom is -0.504 e. The Balaban J connectivity index is 1.58. The maximum atomic E-state index is 13.1. The molecule has 6 N–H and O–H groups in total. The molecule has 10 atom stereocenters. The Hall–Kier alpha value is -4.00. The number of methoxy groups -OCH3 is 2. The molecule has 2 aliphatic heterocycles. The Morgan fingerprint density at radius 1 is 0.837 bits per heavy atom. The largest absolute Gasteiger partial charge is 0.504 e. The molecule has 0 unspecified atom stereocenters. The molecule has 2 saturated heterocycles. The van der Waals surface area contributed by atoms with Gasteiger partial charge in [0.1, 0.15) is 43.2 Å². The zero-order chi connectivity index (χ0) is 35.8. The average Bonchev–Trinajstić information content (AvgIpc) is 3.07. The van der Waals surface area contributed by atoms with Crippen molar-refractivity contribution in [3.8, 4) is 23.0 Å². The summed E-state index contributed by atoms with van der Waals surface area (Å²) in [6.07, 6.45) is -12.4. The second-order valence-electron chi connectivity index (χ2n) is 11.4. The number of esters is 2. The van der Waals surface area contributed by atoms with E-state index in [0.717, 1.165) is 13.0 Å². The number of carbonyl (C=O) groups excluding carboxylic acids is 2. The first-order valence-electron chi connectivity index (χ1n) is 15.4. The molecule has 0 aliphatic carbocycles. The molecule has 0 saturated carbocycles. The van der Waals surface area contributed by atoms with Crippen LogP contribution in [-0.2, 0) is 44.4 Å². The van der Waals surface area contributed by atoms with E-state index in [4.69, 9.17) is 37.9 Å². The maximum Gasteiger partial charge on any atom is 0.331 e. The fraction of sp³-hybridized carbons (Fsp3) is 0.515. The molecule has 0 amide bonds. The van der Waals surface area contributed by atoms with Crippen LogP contribution in [0.4, 0.5) is 0 Å². The lowest BCUT2D eigenvalue weighted by Crippen LogP contribution is -2.65. The molecule has 0 bridgehead atoms. The van der Waals surface area contributed by atoms with Crippen LogP contribution in [0.5, 0.6) is 23.0 Å². The van der Waals surface area contributed by atoms with Gasteiger partial charge in [0.05, 0.1) is 26.9 Å². The molecule has 2 heterocycles. The molecule has 16 heteroatoms. The van der Waals surface area contributed by atoms with Crippen LogP contribution in [0.2, 0.25) is 0 Å². The van der Waals surface area contributed by atoms with E-state index in [0.29, 0.717) is 11.1 Å². The van der Waals surface area contributed by atoms with Gasteiger partial charge < -0.3 is 68.5 Å². The number of hydrogen-bond acceptors (Lipinski definition) is 16. The number of phenols is 2. The van der Waals surface area contributed by atoms with Crippen molar-refractivity contribution in [2.75, 3.05) is 27.4 Å². The molecule has 0 spiro atoms. The van der Waals surface area contributed by atoms with E-state index in [1.54, 1.807) is 12.1 Å². The Morgan fingerprint density at radius 3 is 2.24 bits per heavy atom. The van der Waals surface area contributed by atoms with Gasteiger partial charge in [-0.1, -0.05) is 12.1 Å². The summed E-state index contributed by atoms with van der Waals surface area (Å²) in [6.45, 7) is 2.06. The lowest BCUT2D eigenvalue weighted by molar-refractivity contribution is -0.357. The topological polar surface area (TPSA) is 229 Å². The highest BCUT2D eigenvalue weighted by molar-refractivity contribution is 5.87. The lowest BCUT2D eigenvalue weighted by atomic mass is 9.97. The van der Waals surface area contributed by atoms with E-state index in [1.807, 2.05) is 0 Å². The van der Waals surface area contributed by atoms with Crippen molar-refractivity contribution in [2.45, 2.75) is 81.7 Å². The van der Waals surface area contributed by atoms with Crippen LogP contribution in [-0.4, -0.2) is 131 Å². The van der Waals surface area contributed by atoms with Gasteiger partial charge in [-0.15, -0.1) is 0 Å². The minimum absolute atomic E-state index is 0.0473. The summed E-state index contributed by atoms with van der Waals surface area (Å²) in [5.74, 6) is -1.38. The Kier molecular flexibility index (Phi) is 13.2. The van der Waals surface area contributed by atoms with Crippen molar-refractivity contribution < 1.29 is 78.1 Å². The number of aromatic hydroxyl groups is 2. The number of phenolic OH excluding ortho intramolecular Hbond substituents is 2. The molecule has 2 aliphatic rings. The third-order valence-corrected chi connectivity index (χ3v) is 7.95. The van der Waals surface area contributed by atoms with E-state index < -0.39 is 80.0 Å². The van der Waals surface area contributed by atoms with Crippen molar-refractivity contribution in [3.63, 3.8) is 0 Å². The van der Waals surface area contributed by atoms with Gasteiger partial charge in [0.25, 0.3) is 0 Å². The van der Waals surface area contributed by atoms with Gasteiger partial charge in [-0.3, -0.25) is 4.79 Å². The van der Waals surface area contributed by atoms with Crippen molar-refractivity contribution in [1.82, 2.24) is 0 Å². The number of benzene rings is 2. The second-order valence-corrected chi connectivity index (χ2v) is 11.4. The summed E-state index contributed by atoms with van der Waals surface area (Å²) in [6, 6.07) is 9.12. The van der Waals surface area contributed by atoms with Gasteiger partial charge >= 0.3 is 11.9 Å². The average molecular weight is 695 g/mol. The van der Waals surface area contributed by atoms with Crippen LogP contribution in [0.3, 0.4) is 0 Å². The van der Waals surface area contributed by atoms with Gasteiger partial charge in [-0.25, -0.2) is 4.79 Å². The molecule has 2 aromatic rings. The quantitative estimate of drug-likeness (QED) is 0.121. The SMILES string of the molecule is COc1ccc(CCO[C@H]2O[C@@H](COC(C)=O)[C@H](OC(=O)/C=C/c3ccc(O)c(OC)c3)[C@@H](O[C@H]3O[C@@H](C)[C@H](O)[C@@H](O)[C@H]3O)[C@@H]2O)cc1O.